The van der Waals surface area contributed by atoms with Gasteiger partial charge >= 0.3 is 5.97 Å². The quantitative estimate of drug-likeness (QED) is 0.285. The largest absolute Gasteiger partial charge is 0.507 e. The van der Waals surface area contributed by atoms with Crippen LogP contribution in [-0.2, 0) is 9.53 Å². The summed E-state index contributed by atoms with van der Waals surface area (Å²) in [6.45, 7) is 3.83. The number of esters is 1. The second-order valence-electron chi connectivity index (χ2n) is 8.04. The van der Waals surface area contributed by atoms with Gasteiger partial charge in [-0.25, -0.2) is 4.79 Å². The summed E-state index contributed by atoms with van der Waals surface area (Å²) < 4.78 is 16.1. The van der Waals surface area contributed by atoms with Crippen LogP contribution in [0.25, 0.3) is 6.08 Å². The number of phenolic OH excluding ortho intramolecular Hbond substituents is 2. The van der Waals surface area contributed by atoms with Gasteiger partial charge in [0, 0.05) is 18.1 Å². The topological polar surface area (TPSA) is 119 Å². The van der Waals surface area contributed by atoms with Gasteiger partial charge in [0.1, 0.15) is 17.6 Å². The molecule has 0 unspecified atom stereocenters. The summed E-state index contributed by atoms with van der Waals surface area (Å²) in [6, 6.07) is 7.45. The van der Waals surface area contributed by atoms with E-state index in [2.05, 4.69) is 0 Å². The minimum atomic E-state index is -1.07. The van der Waals surface area contributed by atoms with Crippen LogP contribution in [0.15, 0.2) is 59.7 Å². The number of benzene rings is 2. The number of aromatic hydroxyl groups is 2. The Labute approximate surface area is 195 Å². The molecule has 0 fully saturated rings. The summed E-state index contributed by atoms with van der Waals surface area (Å²) in [5.74, 6) is -1.75. The van der Waals surface area contributed by atoms with Crippen molar-refractivity contribution in [2.24, 2.45) is 0 Å². The summed E-state index contributed by atoms with van der Waals surface area (Å²) in [5, 5.41) is 20.2. The fourth-order valence-corrected chi connectivity index (χ4v) is 3.66. The van der Waals surface area contributed by atoms with Gasteiger partial charge in [-0.15, -0.1) is 0 Å². The van der Waals surface area contributed by atoms with Crippen LogP contribution in [0.3, 0.4) is 0 Å². The summed E-state index contributed by atoms with van der Waals surface area (Å²) in [6.07, 6.45) is 4.63. The Hall–Kier alpha value is -4.33. The van der Waals surface area contributed by atoms with Crippen molar-refractivity contribution in [2.75, 3.05) is 6.79 Å². The number of allylic oxidation sites excluding steroid dienone is 2. The van der Waals surface area contributed by atoms with E-state index in [1.54, 1.807) is 24.3 Å². The minimum absolute atomic E-state index is 0.0827. The molecule has 0 spiro atoms. The standard InChI is InChI=1S/C26H22O8/c1-14(2)3-8-20(16-12-19(29)24-17(27)6-7-18(28)25(24)26(16)31)34-23(30)10-5-15-4-9-21-22(11-15)33-13-32-21/h3-7,9-12,20,27-28H,8,13H2,1-2H3/b10-5+/t20-/m0/s1. The molecule has 174 valence electrons. The Bertz CT molecular complexity index is 1280. The molecule has 0 amide bonds. The lowest BCUT2D eigenvalue weighted by Gasteiger charge is -2.23. The highest BCUT2D eigenvalue weighted by Gasteiger charge is 2.35. The molecule has 2 aromatic rings. The lowest BCUT2D eigenvalue weighted by Crippen LogP contribution is -2.28. The number of fused-ring (bicyclic) bond motifs is 2. The van der Waals surface area contributed by atoms with Gasteiger partial charge in [-0.2, -0.15) is 0 Å². The molecule has 1 heterocycles. The van der Waals surface area contributed by atoms with E-state index in [4.69, 9.17) is 14.2 Å². The summed E-state index contributed by atoms with van der Waals surface area (Å²) >= 11 is 0. The molecule has 1 aliphatic carbocycles. The van der Waals surface area contributed by atoms with Gasteiger partial charge in [0.2, 0.25) is 6.79 Å². The van der Waals surface area contributed by atoms with E-state index in [9.17, 15) is 24.6 Å². The van der Waals surface area contributed by atoms with Gasteiger partial charge in [-0.05, 0) is 55.8 Å². The molecule has 0 saturated carbocycles. The average Bonchev–Trinajstić information content (AvgIpc) is 3.27. The lowest BCUT2D eigenvalue weighted by molar-refractivity contribution is -0.140. The van der Waals surface area contributed by atoms with Crippen molar-refractivity contribution in [1.29, 1.82) is 0 Å². The number of ketones is 2. The van der Waals surface area contributed by atoms with E-state index in [1.165, 1.54) is 12.2 Å². The van der Waals surface area contributed by atoms with Crippen molar-refractivity contribution in [2.45, 2.75) is 26.4 Å². The van der Waals surface area contributed by atoms with Crippen LogP contribution in [0.5, 0.6) is 23.0 Å². The number of phenols is 2. The van der Waals surface area contributed by atoms with Crippen LogP contribution in [0.2, 0.25) is 0 Å². The third-order valence-corrected chi connectivity index (χ3v) is 5.34. The Morgan fingerprint density at radius 1 is 1.06 bits per heavy atom. The summed E-state index contributed by atoms with van der Waals surface area (Å²) in [7, 11) is 0. The number of ether oxygens (including phenoxy) is 3. The number of rotatable bonds is 6. The van der Waals surface area contributed by atoms with Crippen molar-refractivity contribution < 1.29 is 38.8 Å². The van der Waals surface area contributed by atoms with Gasteiger partial charge in [0.15, 0.2) is 23.1 Å². The molecule has 2 N–H and O–H groups in total. The highest BCUT2D eigenvalue weighted by molar-refractivity contribution is 6.27. The number of Topliss-reactive ketones (excluding diaryl/α,β-unsaturated/α-hetero) is 1. The van der Waals surface area contributed by atoms with E-state index < -0.39 is 35.1 Å². The van der Waals surface area contributed by atoms with Gasteiger partial charge in [0.25, 0.3) is 0 Å². The van der Waals surface area contributed by atoms with Crippen LogP contribution >= 0.6 is 0 Å². The molecular weight excluding hydrogens is 440 g/mol. The minimum Gasteiger partial charge on any atom is -0.507 e. The first-order valence-electron chi connectivity index (χ1n) is 10.5. The number of hydrogen-bond donors (Lipinski definition) is 2. The smallest absolute Gasteiger partial charge is 0.331 e. The van der Waals surface area contributed by atoms with E-state index >= 15 is 0 Å². The maximum atomic E-state index is 13.1. The van der Waals surface area contributed by atoms with E-state index in [1.807, 2.05) is 13.8 Å². The summed E-state index contributed by atoms with van der Waals surface area (Å²) in [4.78, 5) is 38.4. The molecule has 1 atom stereocenters. The van der Waals surface area contributed by atoms with Gasteiger partial charge < -0.3 is 24.4 Å². The Kier molecular flexibility index (Phi) is 6.23. The third-order valence-electron chi connectivity index (χ3n) is 5.34. The first-order valence-corrected chi connectivity index (χ1v) is 10.5. The zero-order valence-electron chi connectivity index (χ0n) is 18.5. The molecule has 8 nitrogen and oxygen atoms in total. The van der Waals surface area contributed by atoms with E-state index in [0.29, 0.717) is 17.1 Å². The monoisotopic (exact) mass is 462 g/mol. The van der Waals surface area contributed by atoms with Gasteiger partial charge in [0.05, 0.1) is 11.1 Å². The molecular formula is C26H22O8. The zero-order chi connectivity index (χ0) is 24.4. The number of carbonyl (C=O) groups is 3. The van der Waals surface area contributed by atoms with Crippen molar-refractivity contribution >= 4 is 23.6 Å². The van der Waals surface area contributed by atoms with Crippen molar-refractivity contribution in [3.63, 3.8) is 0 Å². The first-order chi connectivity index (χ1) is 16.2. The SMILES string of the molecule is CC(C)=CC[C@H](OC(=O)/C=C/c1ccc2c(c1)OCO2)C1=CC(=O)c2c(O)ccc(O)c2C1=O. The third kappa shape index (κ3) is 4.56. The second kappa shape index (κ2) is 9.27. The molecule has 0 bridgehead atoms. The second-order valence-corrected chi connectivity index (χ2v) is 8.04. The number of hydrogen-bond acceptors (Lipinski definition) is 8. The molecule has 0 saturated heterocycles. The molecule has 4 rings (SSSR count). The Morgan fingerprint density at radius 3 is 2.50 bits per heavy atom. The van der Waals surface area contributed by atoms with Crippen LogP contribution in [0.1, 0.15) is 46.5 Å². The predicted molar refractivity (Wildman–Crippen MR) is 122 cm³/mol. The maximum Gasteiger partial charge on any atom is 0.331 e. The molecule has 2 aromatic carbocycles. The van der Waals surface area contributed by atoms with Crippen LogP contribution < -0.4 is 9.47 Å². The molecule has 0 aromatic heterocycles. The van der Waals surface area contributed by atoms with Crippen molar-refractivity contribution in [3.8, 4) is 23.0 Å². The fourth-order valence-electron chi connectivity index (χ4n) is 3.66. The maximum absolute atomic E-state index is 13.1. The van der Waals surface area contributed by atoms with E-state index in [0.717, 1.165) is 23.8 Å². The lowest BCUT2D eigenvalue weighted by atomic mass is 9.85. The van der Waals surface area contributed by atoms with Crippen LogP contribution in [0.4, 0.5) is 0 Å². The van der Waals surface area contributed by atoms with Gasteiger partial charge in [-0.3, -0.25) is 9.59 Å². The number of carbonyl (C=O) groups excluding carboxylic acids is 3. The van der Waals surface area contributed by atoms with Crippen molar-refractivity contribution in [3.05, 3.63) is 76.4 Å². The highest BCUT2D eigenvalue weighted by atomic mass is 16.7. The normalized spacial score (nSPS) is 15.1. The van der Waals surface area contributed by atoms with Crippen LogP contribution in [-0.4, -0.2) is 40.6 Å². The van der Waals surface area contributed by atoms with Crippen molar-refractivity contribution in [1.82, 2.24) is 0 Å². The zero-order valence-corrected chi connectivity index (χ0v) is 18.5. The molecule has 2 aliphatic rings. The van der Waals surface area contributed by atoms with E-state index in [-0.39, 0.29) is 29.9 Å². The Morgan fingerprint density at radius 2 is 1.76 bits per heavy atom. The Balaban J connectivity index is 1.59. The highest BCUT2D eigenvalue weighted by Crippen LogP contribution is 2.36. The predicted octanol–water partition coefficient (Wildman–Crippen LogP) is 4.11. The molecule has 0 radical (unpaired) electrons. The van der Waals surface area contributed by atoms with Crippen LogP contribution in [0, 0.1) is 0 Å². The average molecular weight is 462 g/mol. The summed E-state index contributed by atoms with van der Waals surface area (Å²) in [5.41, 5.74) is 0.939. The van der Waals surface area contributed by atoms with Gasteiger partial charge in [-0.1, -0.05) is 17.7 Å². The molecule has 8 heteroatoms. The fraction of sp³-hybridized carbons (Fsp3) is 0.192. The molecule has 1 aliphatic heterocycles. The first kappa shape index (κ1) is 22.8. The molecule has 34 heavy (non-hydrogen) atoms.